The Hall–Kier alpha value is -2.32. The van der Waals surface area contributed by atoms with E-state index in [0.29, 0.717) is 17.7 Å². The third-order valence-corrected chi connectivity index (χ3v) is 2.97. The second-order valence-electron chi connectivity index (χ2n) is 4.46. The Morgan fingerprint density at radius 3 is 3.00 bits per heavy atom. The van der Waals surface area contributed by atoms with Gasteiger partial charge in [-0.3, -0.25) is 0 Å². The number of nitrogens with one attached hydrogen (secondary N) is 2. The number of aliphatic hydroxyl groups is 1. The number of hydrogen-bond donors (Lipinski definition) is 3. The largest absolute Gasteiger partial charge is 0.396 e. The van der Waals surface area contributed by atoms with Crippen LogP contribution in [0, 0.1) is 17.2 Å². The van der Waals surface area contributed by atoms with Crippen LogP contribution in [0.2, 0.25) is 0 Å². The highest BCUT2D eigenvalue weighted by atomic mass is 16.3. The summed E-state index contributed by atoms with van der Waals surface area (Å²) in [6.07, 6.45) is 4.50. The summed E-state index contributed by atoms with van der Waals surface area (Å²) in [5.74, 6) is 0.118. The van der Waals surface area contributed by atoms with Gasteiger partial charge in [-0.1, -0.05) is 18.2 Å². The first-order valence-corrected chi connectivity index (χ1v) is 6.08. The summed E-state index contributed by atoms with van der Waals surface area (Å²) in [6, 6.07) is 8.37. The average Bonchev–Trinajstić information content (AvgIpc) is 2.86. The predicted octanol–water partition coefficient (Wildman–Crippen LogP) is 1.62. The van der Waals surface area contributed by atoms with Crippen LogP contribution in [0.15, 0.2) is 36.4 Å². The van der Waals surface area contributed by atoms with Gasteiger partial charge in [0, 0.05) is 24.3 Å². The number of amides is 2. The van der Waals surface area contributed by atoms with Crippen LogP contribution in [0.4, 0.5) is 10.5 Å². The molecule has 0 heterocycles. The summed E-state index contributed by atoms with van der Waals surface area (Å²) in [6.45, 7) is 0.0977. The summed E-state index contributed by atoms with van der Waals surface area (Å²) in [4.78, 5) is 11.8. The monoisotopic (exact) mass is 257 g/mol. The number of rotatable bonds is 3. The van der Waals surface area contributed by atoms with Crippen molar-refractivity contribution in [2.75, 3.05) is 11.9 Å². The van der Waals surface area contributed by atoms with E-state index in [9.17, 15) is 4.79 Å². The third-order valence-electron chi connectivity index (χ3n) is 2.97. The van der Waals surface area contributed by atoms with Crippen molar-refractivity contribution in [3.8, 4) is 6.07 Å². The van der Waals surface area contributed by atoms with Crippen molar-refractivity contribution in [3.63, 3.8) is 0 Å². The average molecular weight is 257 g/mol. The number of hydrogen-bond acceptors (Lipinski definition) is 3. The highest BCUT2D eigenvalue weighted by Gasteiger charge is 2.19. The van der Waals surface area contributed by atoms with Crippen molar-refractivity contribution in [2.24, 2.45) is 5.92 Å². The van der Waals surface area contributed by atoms with E-state index in [4.69, 9.17) is 10.4 Å². The normalized spacial score (nSPS) is 20.8. The van der Waals surface area contributed by atoms with Gasteiger partial charge in [0.15, 0.2) is 0 Å². The van der Waals surface area contributed by atoms with Crippen molar-refractivity contribution in [1.82, 2.24) is 5.32 Å². The van der Waals surface area contributed by atoms with Crippen molar-refractivity contribution < 1.29 is 9.90 Å². The molecule has 0 bridgehead atoms. The van der Waals surface area contributed by atoms with Crippen LogP contribution in [0.1, 0.15) is 12.0 Å². The Morgan fingerprint density at radius 1 is 1.47 bits per heavy atom. The van der Waals surface area contributed by atoms with E-state index in [-0.39, 0.29) is 24.6 Å². The van der Waals surface area contributed by atoms with Gasteiger partial charge in [0.25, 0.3) is 0 Å². The molecule has 0 fully saturated rings. The van der Waals surface area contributed by atoms with Gasteiger partial charge >= 0.3 is 6.03 Å². The molecular formula is C14H15N3O2. The SMILES string of the molecule is N#Cc1cccc(NC(=O)N[C@@H]2C=C[C@H](CO)C2)c1. The maximum Gasteiger partial charge on any atom is 0.319 e. The lowest BCUT2D eigenvalue weighted by Crippen LogP contribution is -2.36. The van der Waals surface area contributed by atoms with Crippen LogP contribution in [-0.2, 0) is 0 Å². The van der Waals surface area contributed by atoms with Gasteiger partial charge in [0.05, 0.1) is 11.6 Å². The predicted molar refractivity (Wildman–Crippen MR) is 71.4 cm³/mol. The van der Waals surface area contributed by atoms with E-state index in [0.717, 1.165) is 0 Å². The molecule has 98 valence electrons. The first-order chi connectivity index (χ1) is 9.21. The van der Waals surface area contributed by atoms with Gasteiger partial charge in [0.1, 0.15) is 0 Å². The van der Waals surface area contributed by atoms with Crippen molar-refractivity contribution in [1.29, 1.82) is 5.26 Å². The molecule has 19 heavy (non-hydrogen) atoms. The zero-order chi connectivity index (χ0) is 13.7. The Labute approximate surface area is 111 Å². The quantitative estimate of drug-likeness (QED) is 0.719. The number of nitriles is 1. The Morgan fingerprint density at radius 2 is 2.32 bits per heavy atom. The minimum atomic E-state index is -0.316. The minimum absolute atomic E-state index is 0.0590. The molecule has 0 saturated carbocycles. The first kappa shape index (κ1) is 13.1. The molecule has 2 amide bonds. The summed E-state index contributed by atoms with van der Waals surface area (Å²) in [5.41, 5.74) is 1.08. The fourth-order valence-electron chi connectivity index (χ4n) is 2.02. The smallest absolute Gasteiger partial charge is 0.319 e. The zero-order valence-corrected chi connectivity index (χ0v) is 10.3. The molecular weight excluding hydrogens is 242 g/mol. The zero-order valence-electron chi connectivity index (χ0n) is 10.3. The molecule has 1 aromatic carbocycles. The number of aliphatic hydroxyl groups excluding tert-OH is 1. The molecule has 5 nitrogen and oxygen atoms in total. The highest BCUT2D eigenvalue weighted by molar-refractivity contribution is 5.89. The van der Waals surface area contributed by atoms with Crippen LogP contribution in [-0.4, -0.2) is 23.8 Å². The maximum atomic E-state index is 11.8. The molecule has 0 saturated heterocycles. The molecule has 0 radical (unpaired) electrons. The fraction of sp³-hybridized carbons (Fsp3) is 0.286. The molecule has 0 spiro atoms. The fourth-order valence-corrected chi connectivity index (χ4v) is 2.02. The van der Waals surface area contributed by atoms with Crippen molar-refractivity contribution in [2.45, 2.75) is 12.5 Å². The molecule has 5 heteroatoms. The van der Waals surface area contributed by atoms with E-state index in [2.05, 4.69) is 10.6 Å². The number of carbonyl (C=O) groups is 1. The maximum absolute atomic E-state index is 11.8. The van der Waals surface area contributed by atoms with Crippen LogP contribution < -0.4 is 10.6 Å². The molecule has 1 aromatic rings. The lowest BCUT2D eigenvalue weighted by molar-refractivity contribution is 0.238. The first-order valence-electron chi connectivity index (χ1n) is 6.08. The molecule has 2 atom stereocenters. The second kappa shape index (κ2) is 6.03. The van der Waals surface area contributed by atoms with E-state index in [1.54, 1.807) is 24.3 Å². The van der Waals surface area contributed by atoms with E-state index < -0.39 is 0 Å². The lowest BCUT2D eigenvalue weighted by Gasteiger charge is -2.13. The number of urea groups is 1. The Bertz CT molecular complexity index is 534. The summed E-state index contributed by atoms with van der Waals surface area (Å²) >= 11 is 0. The van der Waals surface area contributed by atoms with Crippen molar-refractivity contribution >= 4 is 11.7 Å². The Kier molecular flexibility index (Phi) is 4.16. The Balaban J connectivity index is 1.88. The van der Waals surface area contributed by atoms with Crippen LogP contribution >= 0.6 is 0 Å². The van der Waals surface area contributed by atoms with E-state index in [1.165, 1.54) is 0 Å². The third kappa shape index (κ3) is 3.57. The molecule has 1 aliphatic rings. The molecule has 3 N–H and O–H groups in total. The number of carbonyl (C=O) groups excluding carboxylic acids is 1. The summed E-state index contributed by atoms with van der Waals surface area (Å²) in [5, 5.41) is 23.2. The van der Waals surface area contributed by atoms with Gasteiger partial charge < -0.3 is 15.7 Å². The van der Waals surface area contributed by atoms with Crippen molar-refractivity contribution in [3.05, 3.63) is 42.0 Å². The van der Waals surface area contributed by atoms with Gasteiger partial charge in [0.2, 0.25) is 0 Å². The van der Waals surface area contributed by atoms with Crippen LogP contribution in [0.25, 0.3) is 0 Å². The van der Waals surface area contributed by atoms with Crippen LogP contribution in [0.5, 0.6) is 0 Å². The van der Waals surface area contributed by atoms with Gasteiger partial charge in [-0.15, -0.1) is 0 Å². The standard InChI is InChI=1S/C14H15N3O2/c15-8-10-2-1-3-12(6-10)16-14(19)17-13-5-4-11(7-13)9-18/h1-6,11,13,18H,7,9H2,(H2,16,17,19)/t11-,13+/m0/s1. The highest BCUT2D eigenvalue weighted by Crippen LogP contribution is 2.17. The second-order valence-corrected chi connectivity index (χ2v) is 4.46. The number of benzene rings is 1. The minimum Gasteiger partial charge on any atom is -0.396 e. The topological polar surface area (TPSA) is 85.2 Å². The molecule has 1 aliphatic carbocycles. The molecule has 2 rings (SSSR count). The van der Waals surface area contributed by atoms with E-state index in [1.807, 2.05) is 18.2 Å². The van der Waals surface area contributed by atoms with Crippen LogP contribution in [0.3, 0.4) is 0 Å². The lowest BCUT2D eigenvalue weighted by atomic mass is 10.1. The number of nitrogens with zero attached hydrogens (tertiary/aromatic N) is 1. The molecule has 0 aromatic heterocycles. The van der Waals surface area contributed by atoms with E-state index >= 15 is 0 Å². The molecule has 0 unspecified atom stereocenters. The summed E-state index contributed by atoms with van der Waals surface area (Å²) < 4.78 is 0. The van der Waals surface area contributed by atoms with Gasteiger partial charge in [-0.25, -0.2) is 4.79 Å². The van der Waals surface area contributed by atoms with Gasteiger partial charge in [-0.05, 0) is 24.6 Å². The molecule has 0 aliphatic heterocycles. The summed E-state index contributed by atoms with van der Waals surface area (Å²) in [7, 11) is 0. The number of anilines is 1. The van der Waals surface area contributed by atoms with Gasteiger partial charge in [-0.2, -0.15) is 5.26 Å².